The van der Waals surface area contributed by atoms with Gasteiger partial charge in [-0.3, -0.25) is 14.9 Å². The third-order valence-electron chi connectivity index (χ3n) is 5.41. The predicted octanol–water partition coefficient (Wildman–Crippen LogP) is 3.48. The molecule has 3 aromatic heterocycles. The molecule has 1 saturated heterocycles. The van der Waals surface area contributed by atoms with E-state index in [2.05, 4.69) is 26.8 Å². The van der Waals surface area contributed by atoms with Crippen LogP contribution in [0.15, 0.2) is 48.2 Å². The third kappa shape index (κ3) is 7.96. The average Bonchev–Trinajstić information content (AvgIpc) is 3.35. The number of rotatable bonds is 11. The Bertz CT molecular complexity index is 1310. The fourth-order valence-electron chi connectivity index (χ4n) is 3.65. The van der Waals surface area contributed by atoms with Gasteiger partial charge in [-0.05, 0) is 13.0 Å². The van der Waals surface area contributed by atoms with Crippen molar-refractivity contribution in [2.75, 3.05) is 45.3 Å². The molecule has 2 N–H and O–H groups in total. The number of aliphatic hydroxyl groups is 1. The molecule has 1 fully saturated rings. The Morgan fingerprint density at radius 1 is 1.18 bits per heavy atom. The van der Waals surface area contributed by atoms with Crippen LogP contribution < -0.4 is 14.8 Å². The molecule has 2 amide bonds. The monoisotopic (exact) mass is 555 g/mol. The number of nitrogens with one attached hydrogen (secondary N) is 1. The lowest BCUT2D eigenvalue weighted by molar-refractivity contribution is 0.0302. The van der Waals surface area contributed by atoms with Gasteiger partial charge in [0.05, 0.1) is 42.4 Å². The number of methoxy groups -OCH3 is 1. The summed E-state index contributed by atoms with van der Waals surface area (Å²) in [6, 6.07) is 6.11. The van der Waals surface area contributed by atoms with Gasteiger partial charge < -0.3 is 29.0 Å². The first kappa shape index (κ1) is 28.0. The quantitative estimate of drug-likeness (QED) is 0.337. The second-order valence-corrected chi connectivity index (χ2v) is 9.51. The smallest absolute Gasteiger partial charge is 0.257 e. The summed E-state index contributed by atoms with van der Waals surface area (Å²) in [6.07, 6.45) is 1.28. The minimum absolute atomic E-state index is 0.0202. The summed E-state index contributed by atoms with van der Waals surface area (Å²) in [5.74, 6) is -0.215. The number of aliphatic hydroxyl groups excluding tert-OH is 1. The average molecular weight is 556 g/mol. The SMILES string of the molecule is C=C(O)Cc1csc(NC(=O)c2cc(Oc3ccc(C(=O)N4CCOCC4)cn3)nc(O[C@H](C)COC)c2)n1. The lowest BCUT2D eigenvalue weighted by atomic mass is 10.2. The van der Waals surface area contributed by atoms with Gasteiger partial charge in [-0.15, -0.1) is 11.3 Å². The van der Waals surface area contributed by atoms with Crippen LogP contribution in [-0.4, -0.2) is 82.9 Å². The van der Waals surface area contributed by atoms with Crippen LogP contribution in [0.2, 0.25) is 0 Å². The molecule has 39 heavy (non-hydrogen) atoms. The van der Waals surface area contributed by atoms with Crippen LogP contribution in [0.1, 0.15) is 33.3 Å². The molecule has 0 bridgehead atoms. The van der Waals surface area contributed by atoms with Crippen molar-refractivity contribution in [1.82, 2.24) is 19.9 Å². The highest BCUT2D eigenvalue weighted by Gasteiger charge is 2.20. The van der Waals surface area contributed by atoms with Crippen molar-refractivity contribution in [3.05, 3.63) is 65.0 Å². The maximum Gasteiger partial charge on any atom is 0.257 e. The van der Waals surface area contributed by atoms with Crippen molar-refractivity contribution in [3.63, 3.8) is 0 Å². The Kier molecular flexibility index (Phi) is 9.41. The summed E-state index contributed by atoms with van der Waals surface area (Å²) < 4.78 is 22.0. The number of amides is 2. The number of carbonyl (C=O) groups excluding carboxylic acids is 2. The highest BCUT2D eigenvalue weighted by Crippen LogP contribution is 2.25. The molecular weight excluding hydrogens is 526 g/mol. The van der Waals surface area contributed by atoms with Crippen molar-refractivity contribution >= 4 is 28.3 Å². The molecule has 0 saturated carbocycles. The van der Waals surface area contributed by atoms with E-state index in [4.69, 9.17) is 18.9 Å². The van der Waals surface area contributed by atoms with Gasteiger partial charge >= 0.3 is 0 Å². The van der Waals surface area contributed by atoms with E-state index in [1.165, 1.54) is 29.7 Å². The number of thiazole rings is 1. The molecule has 0 unspecified atom stereocenters. The standard InChI is InChI=1S/C26H29N5O7S/c1-16(32)10-20-15-39-26(28-20)30-24(33)19-11-22(37-17(2)14-35-3)29-23(12-19)38-21-5-4-18(13-27-21)25(34)31-6-8-36-9-7-31/h4-5,11-13,15,17,32H,1,6-10,14H2,2-3H3,(H,28,30,33)/t17-/m1/s1. The maximum atomic E-state index is 13.0. The molecule has 13 heteroatoms. The second kappa shape index (κ2) is 13.1. The van der Waals surface area contributed by atoms with Gasteiger partial charge in [0.1, 0.15) is 6.10 Å². The summed E-state index contributed by atoms with van der Waals surface area (Å²) in [6.45, 7) is 7.63. The molecule has 4 rings (SSSR count). The maximum absolute atomic E-state index is 13.0. The second-order valence-electron chi connectivity index (χ2n) is 8.65. The summed E-state index contributed by atoms with van der Waals surface area (Å²) >= 11 is 1.22. The highest BCUT2D eigenvalue weighted by atomic mass is 32.1. The Morgan fingerprint density at radius 2 is 1.95 bits per heavy atom. The molecule has 0 spiro atoms. The zero-order valence-electron chi connectivity index (χ0n) is 21.6. The normalized spacial score (nSPS) is 13.9. The Balaban J connectivity index is 1.51. The molecule has 4 heterocycles. The first-order valence-corrected chi connectivity index (χ1v) is 13.0. The molecule has 0 aliphatic carbocycles. The van der Waals surface area contributed by atoms with Crippen LogP contribution in [0.25, 0.3) is 0 Å². The van der Waals surface area contributed by atoms with Gasteiger partial charge in [-0.25, -0.2) is 9.97 Å². The minimum atomic E-state index is -0.463. The molecule has 0 aromatic carbocycles. The highest BCUT2D eigenvalue weighted by molar-refractivity contribution is 7.14. The van der Waals surface area contributed by atoms with E-state index in [0.717, 1.165) is 0 Å². The van der Waals surface area contributed by atoms with Crippen LogP contribution >= 0.6 is 11.3 Å². The molecule has 12 nitrogen and oxygen atoms in total. The van der Waals surface area contributed by atoms with E-state index >= 15 is 0 Å². The van der Waals surface area contributed by atoms with Gasteiger partial charge in [0, 0.05) is 56.4 Å². The van der Waals surface area contributed by atoms with Crippen molar-refractivity contribution < 1.29 is 33.6 Å². The van der Waals surface area contributed by atoms with E-state index in [9.17, 15) is 14.7 Å². The lowest BCUT2D eigenvalue weighted by Crippen LogP contribution is -2.40. The van der Waals surface area contributed by atoms with Crippen LogP contribution in [-0.2, 0) is 15.9 Å². The molecule has 3 aromatic rings. The number of hydrogen-bond donors (Lipinski definition) is 2. The Labute approximate surface area is 229 Å². The topological polar surface area (TPSA) is 145 Å². The fourth-order valence-corrected chi connectivity index (χ4v) is 4.35. The van der Waals surface area contributed by atoms with Gasteiger partial charge in [-0.2, -0.15) is 4.98 Å². The number of carbonyl (C=O) groups is 2. The molecule has 1 aliphatic heterocycles. The number of ether oxygens (including phenoxy) is 4. The number of anilines is 1. The van der Waals surface area contributed by atoms with Gasteiger partial charge in [0.2, 0.25) is 17.6 Å². The fraction of sp³-hybridized carbons (Fsp3) is 0.346. The summed E-state index contributed by atoms with van der Waals surface area (Å²) in [5.41, 5.74) is 1.22. The van der Waals surface area contributed by atoms with E-state index in [1.807, 2.05) is 0 Å². The molecule has 1 aliphatic rings. The molecular formula is C26H29N5O7S. The van der Waals surface area contributed by atoms with Crippen molar-refractivity contribution in [2.45, 2.75) is 19.4 Å². The zero-order valence-corrected chi connectivity index (χ0v) is 22.4. The first-order valence-electron chi connectivity index (χ1n) is 12.1. The zero-order chi connectivity index (χ0) is 27.8. The van der Waals surface area contributed by atoms with Crippen LogP contribution in [0.4, 0.5) is 5.13 Å². The number of pyridine rings is 2. The van der Waals surface area contributed by atoms with Crippen molar-refractivity contribution in [1.29, 1.82) is 0 Å². The van der Waals surface area contributed by atoms with Crippen molar-refractivity contribution in [3.8, 4) is 17.6 Å². The summed E-state index contributed by atoms with van der Waals surface area (Å²) in [5, 5.41) is 14.2. The lowest BCUT2D eigenvalue weighted by Gasteiger charge is -2.26. The van der Waals surface area contributed by atoms with E-state index in [0.29, 0.717) is 49.3 Å². The van der Waals surface area contributed by atoms with E-state index in [-0.39, 0.29) is 47.4 Å². The minimum Gasteiger partial charge on any atom is -0.513 e. The molecule has 1 atom stereocenters. The van der Waals surface area contributed by atoms with Crippen LogP contribution in [0.3, 0.4) is 0 Å². The molecule has 0 radical (unpaired) electrons. The third-order valence-corrected chi connectivity index (χ3v) is 6.22. The largest absolute Gasteiger partial charge is 0.513 e. The molecule has 206 valence electrons. The van der Waals surface area contributed by atoms with Crippen molar-refractivity contribution in [2.24, 2.45) is 0 Å². The van der Waals surface area contributed by atoms with E-state index < -0.39 is 5.91 Å². The van der Waals surface area contributed by atoms with E-state index in [1.54, 1.807) is 36.4 Å². The Hall–Kier alpha value is -4.07. The predicted molar refractivity (Wildman–Crippen MR) is 143 cm³/mol. The number of hydrogen-bond acceptors (Lipinski definition) is 11. The van der Waals surface area contributed by atoms with Gasteiger partial charge in [0.25, 0.3) is 11.8 Å². The number of allylic oxidation sites excluding steroid dienone is 1. The number of nitrogens with zero attached hydrogens (tertiary/aromatic N) is 4. The number of aromatic nitrogens is 3. The Morgan fingerprint density at radius 3 is 2.64 bits per heavy atom. The summed E-state index contributed by atoms with van der Waals surface area (Å²) in [4.78, 5) is 40.3. The van der Waals surface area contributed by atoms with Crippen LogP contribution in [0.5, 0.6) is 17.6 Å². The van der Waals surface area contributed by atoms with Gasteiger partial charge in [-0.1, -0.05) is 6.58 Å². The first-order chi connectivity index (χ1) is 18.8. The number of morpholine rings is 1. The summed E-state index contributed by atoms with van der Waals surface area (Å²) in [7, 11) is 1.55. The van der Waals surface area contributed by atoms with Gasteiger partial charge in [0.15, 0.2) is 5.13 Å². The van der Waals surface area contributed by atoms with Crippen LogP contribution in [0, 0.1) is 0 Å².